The molecule has 1 aromatic rings. The maximum absolute atomic E-state index is 5.29. The third-order valence-electron chi connectivity index (χ3n) is 1.83. The third-order valence-corrected chi connectivity index (χ3v) is 1.83. The molecule has 7 nitrogen and oxygen atoms in total. The Morgan fingerprint density at radius 2 is 1.31 bits per heavy atom. The normalized spacial score (nSPS) is 9.94. The quantitative estimate of drug-likeness (QED) is 0.402. The Morgan fingerprint density at radius 1 is 0.875 bits per heavy atom. The average molecular weight is 225 g/mol. The summed E-state index contributed by atoms with van der Waals surface area (Å²) in [5.41, 5.74) is 2.42. The second kappa shape index (κ2) is 6.78. The largest absolute Gasteiger partial charge is 0.354 e. The lowest BCUT2D eigenvalue weighted by atomic mass is 10.5. The number of rotatable bonds is 7. The van der Waals surface area contributed by atoms with Crippen molar-refractivity contribution in [3.8, 4) is 0 Å². The third kappa shape index (κ3) is 3.85. The molecule has 0 radical (unpaired) electrons. The molecule has 90 valence electrons. The summed E-state index contributed by atoms with van der Waals surface area (Å²) in [6, 6.07) is 0. The van der Waals surface area contributed by atoms with Gasteiger partial charge in [-0.3, -0.25) is 5.43 Å². The van der Waals surface area contributed by atoms with Crippen LogP contribution < -0.4 is 21.9 Å². The lowest BCUT2D eigenvalue weighted by Gasteiger charge is -2.08. The highest BCUT2D eigenvalue weighted by Gasteiger charge is 2.04. The van der Waals surface area contributed by atoms with Gasteiger partial charge in [-0.2, -0.15) is 15.0 Å². The fraction of sp³-hybridized carbons (Fsp3) is 0.667. The second-order valence-electron chi connectivity index (χ2n) is 3.30. The maximum atomic E-state index is 5.29. The summed E-state index contributed by atoms with van der Waals surface area (Å²) in [5, 5.41) is 6.18. The van der Waals surface area contributed by atoms with Crippen LogP contribution in [0.3, 0.4) is 0 Å². The Kier molecular flexibility index (Phi) is 5.27. The van der Waals surface area contributed by atoms with Crippen molar-refractivity contribution in [3.05, 3.63) is 0 Å². The molecule has 0 amide bonds. The number of nitrogens with one attached hydrogen (secondary N) is 3. The number of aromatic nitrogens is 3. The monoisotopic (exact) mass is 225 g/mol. The molecule has 0 bridgehead atoms. The SMILES string of the molecule is CCCNc1nc(NN)nc(NCCC)n1. The van der Waals surface area contributed by atoms with Crippen LogP contribution in [0.1, 0.15) is 26.7 Å². The molecule has 7 heteroatoms. The van der Waals surface area contributed by atoms with E-state index < -0.39 is 0 Å². The van der Waals surface area contributed by atoms with Crippen LogP contribution >= 0.6 is 0 Å². The first-order valence-electron chi connectivity index (χ1n) is 5.50. The van der Waals surface area contributed by atoms with E-state index in [0.29, 0.717) is 17.8 Å². The van der Waals surface area contributed by atoms with Gasteiger partial charge in [-0.05, 0) is 12.8 Å². The van der Waals surface area contributed by atoms with E-state index >= 15 is 0 Å². The summed E-state index contributed by atoms with van der Waals surface area (Å²) in [6.45, 7) is 5.79. The van der Waals surface area contributed by atoms with E-state index in [1.165, 1.54) is 0 Å². The first-order chi connectivity index (χ1) is 7.80. The van der Waals surface area contributed by atoms with E-state index in [1.54, 1.807) is 0 Å². The molecule has 0 aliphatic rings. The second-order valence-corrected chi connectivity index (χ2v) is 3.30. The van der Waals surface area contributed by atoms with Gasteiger partial charge in [-0.25, -0.2) is 5.84 Å². The first kappa shape index (κ1) is 12.4. The number of hydrazine groups is 1. The first-order valence-corrected chi connectivity index (χ1v) is 5.50. The van der Waals surface area contributed by atoms with Crippen LogP contribution in [-0.2, 0) is 0 Å². The van der Waals surface area contributed by atoms with Gasteiger partial charge >= 0.3 is 0 Å². The topological polar surface area (TPSA) is 101 Å². The molecule has 0 atom stereocenters. The zero-order chi connectivity index (χ0) is 11.8. The molecule has 5 N–H and O–H groups in total. The van der Waals surface area contributed by atoms with Crippen LogP contribution in [0.4, 0.5) is 17.8 Å². The van der Waals surface area contributed by atoms with Gasteiger partial charge in [0.15, 0.2) is 0 Å². The molecule has 0 unspecified atom stereocenters. The summed E-state index contributed by atoms with van der Waals surface area (Å²) >= 11 is 0. The number of hydrogen-bond acceptors (Lipinski definition) is 7. The fourth-order valence-electron chi connectivity index (χ4n) is 1.07. The Labute approximate surface area is 95.2 Å². The van der Waals surface area contributed by atoms with Gasteiger partial charge < -0.3 is 10.6 Å². The van der Waals surface area contributed by atoms with Crippen LogP contribution in [-0.4, -0.2) is 28.0 Å². The molecular weight excluding hydrogens is 206 g/mol. The number of anilines is 3. The predicted octanol–water partition coefficient (Wildman–Crippen LogP) is 0.801. The van der Waals surface area contributed by atoms with Crippen molar-refractivity contribution in [1.82, 2.24) is 15.0 Å². The van der Waals surface area contributed by atoms with E-state index in [9.17, 15) is 0 Å². The summed E-state index contributed by atoms with van der Waals surface area (Å²) < 4.78 is 0. The fourth-order valence-corrected chi connectivity index (χ4v) is 1.07. The molecular formula is C9H19N7. The highest BCUT2D eigenvalue weighted by Crippen LogP contribution is 2.08. The van der Waals surface area contributed by atoms with Gasteiger partial charge in [0.25, 0.3) is 0 Å². The van der Waals surface area contributed by atoms with E-state index in [0.717, 1.165) is 25.9 Å². The van der Waals surface area contributed by atoms with Gasteiger partial charge in [-0.15, -0.1) is 0 Å². The number of hydrogen-bond donors (Lipinski definition) is 4. The molecule has 0 saturated heterocycles. The standard InChI is InChI=1S/C9H19N7/c1-3-5-11-7-13-8(12-6-4-2)15-9(14-7)16-10/h3-6,10H2,1-2H3,(H3,11,12,13,14,15,16). The number of nitrogen functional groups attached to an aromatic ring is 1. The highest BCUT2D eigenvalue weighted by molar-refractivity contribution is 5.41. The molecule has 0 saturated carbocycles. The van der Waals surface area contributed by atoms with Crippen LogP contribution in [0, 0.1) is 0 Å². The molecule has 0 spiro atoms. The molecule has 0 aliphatic carbocycles. The van der Waals surface area contributed by atoms with Crippen LogP contribution in [0.2, 0.25) is 0 Å². The van der Waals surface area contributed by atoms with Crippen molar-refractivity contribution in [3.63, 3.8) is 0 Å². The summed E-state index contributed by atoms with van der Waals surface area (Å²) in [6.07, 6.45) is 2.02. The highest BCUT2D eigenvalue weighted by atomic mass is 15.3. The van der Waals surface area contributed by atoms with Crippen molar-refractivity contribution in [2.75, 3.05) is 29.1 Å². The van der Waals surface area contributed by atoms with Gasteiger partial charge in [-0.1, -0.05) is 13.8 Å². The number of nitrogens with two attached hydrogens (primary N) is 1. The van der Waals surface area contributed by atoms with Crippen LogP contribution in [0.5, 0.6) is 0 Å². The van der Waals surface area contributed by atoms with Crippen LogP contribution in [0.25, 0.3) is 0 Å². The molecule has 16 heavy (non-hydrogen) atoms. The Balaban J connectivity index is 2.74. The van der Waals surface area contributed by atoms with Gasteiger partial charge in [0, 0.05) is 13.1 Å². The lowest BCUT2D eigenvalue weighted by Crippen LogP contribution is -2.16. The molecule has 0 fully saturated rings. The van der Waals surface area contributed by atoms with Gasteiger partial charge in [0.1, 0.15) is 0 Å². The average Bonchev–Trinajstić information content (AvgIpc) is 2.33. The van der Waals surface area contributed by atoms with Crippen molar-refractivity contribution < 1.29 is 0 Å². The maximum Gasteiger partial charge on any atom is 0.243 e. The molecule has 0 aliphatic heterocycles. The minimum Gasteiger partial charge on any atom is -0.354 e. The summed E-state index contributed by atoms with van der Waals surface area (Å²) in [4.78, 5) is 12.4. The molecule has 1 rings (SSSR count). The molecule has 0 aromatic carbocycles. The minimum atomic E-state index is 0.354. The lowest BCUT2D eigenvalue weighted by molar-refractivity contribution is 0.916. The predicted molar refractivity (Wildman–Crippen MR) is 65.2 cm³/mol. The van der Waals surface area contributed by atoms with Crippen LogP contribution in [0.15, 0.2) is 0 Å². The van der Waals surface area contributed by atoms with Gasteiger partial charge in [0.05, 0.1) is 0 Å². The number of nitrogens with zero attached hydrogens (tertiary/aromatic N) is 3. The van der Waals surface area contributed by atoms with Gasteiger partial charge in [0.2, 0.25) is 17.8 Å². The van der Waals surface area contributed by atoms with Crippen molar-refractivity contribution in [2.24, 2.45) is 5.84 Å². The van der Waals surface area contributed by atoms with Crippen molar-refractivity contribution in [2.45, 2.75) is 26.7 Å². The Hall–Kier alpha value is -1.63. The Bertz CT molecular complexity index is 288. The summed E-state index contributed by atoms with van der Waals surface area (Å²) in [5.74, 6) is 6.70. The van der Waals surface area contributed by atoms with E-state index in [4.69, 9.17) is 5.84 Å². The Morgan fingerprint density at radius 3 is 1.69 bits per heavy atom. The molecule has 1 heterocycles. The zero-order valence-electron chi connectivity index (χ0n) is 9.75. The molecule has 1 aromatic heterocycles. The van der Waals surface area contributed by atoms with Crippen molar-refractivity contribution >= 4 is 17.8 Å². The van der Waals surface area contributed by atoms with E-state index in [2.05, 4.69) is 44.9 Å². The smallest absolute Gasteiger partial charge is 0.243 e. The van der Waals surface area contributed by atoms with Crippen molar-refractivity contribution in [1.29, 1.82) is 0 Å². The zero-order valence-corrected chi connectivity index (χ0v) is 9.75. The minimum absolute atomic E-state index is 0.354. The summed E-state index contributed by atoms with van der Waals surface area (Å²) in [7, 11) is 0. The van der Waals surface area contributed by atoms with E-state index in [-0.39, 0.29) is 0 Å². The van der Waals surface area contributed by atoms with E-state index in [1.807, 2.05) is 0 Å².